The number of hydrogen-bond acceptors (Lipinski definition) is 6. The van der Waals surface area contributed by atoms with Crippen LogP contribution in [0.15, 0.2) is 28.3 Å². The molecule has 0 aliphatic heterocycles. The van der Waals surface area contributed by atoms with Crippen LogP contribution >= 0.6 is 11.8 Å². The van der Waals surface area contributed by atoms with Crippen molar-refractivity contribution in [1.82, 2.24) is 15.0 Å². The largest absolute Gasteiger partial charge is 0.374 e. The highest BCUT2D eigenvalue weighted by molar-refractivity contribution is 7.99. The van der Waals surface area contributed by atoms with E-state index in [1.807, 2.05) is 27.0 Å². The van der Waals surface area contributed by atoms with E-state index in [1.54, 1.807) is 0 Å². The Labute approximate surface area is 129 Å². The molecule has 0 aromatic carbocycles. The Kier molecular flexibility index (Phi) is 5.52. The van der Waals surface area contributed by atoms with E-state index < -0.39 is 0 Å². The van der Waals surface area contributed by atoms with Crippen LogP contribution in [0, 0.1) is 13.8 Å². The van der Waals surface area contributed by atoms with Crippen LogP contribution in [0.5, 0.6) is 0 Å². The number of aromatic nitrogens is 3. The molecule has 0 atom stereocenters. The van der Waals surface area contributed by atoms with Crippen molar-refractivity contribution in [3.8, 4) is 0 Å². The van der Waals surface area contributed by atoms with Crippen LogP contribution in [-0.2, 0) is 11.3 Å². The molecule has 5 nitrogen and oxygen atoms in total. The van der Waals surface area contributed by atoms with Crippen molar-refractivity contribution in [2.75, 3.05) is 19.0 Å². The van der Waals surface area contributed by atoms with Gasteiger partial charge in [0.15, 0.2) is 5.82 Å². The molecule has 2 heterocycles. The molecule has 2 rings (SSSR count). The van der Waals surface area contributed by atoms with Crippen LogP contribution in [0.1, 0.15) is 24.0 Å². The second-order valence-electron chi connectivity index (χ2n) is 4.62. The first-order valence-electron chi connectivity index (χ1n) is 6.87. The monoisotopic (exact) mass is 304 g/mol. The number of nitrogens with zero attached hydrogens (tertiary/aromatic N) is 3. The molecule has 0 amide bonds. The summed E-state index contributed by atoms with van der Waals surface area (Å²) in [5.41, 5.74) is 2.21. The summed E-state index contributed by atoms with van der Waals surface area (Å²) < 4.78 is 5.38. The number of hydrogen-bond donors (Lipinski definition) is 1. The maximum atomic E-state index is 5.38. The lowest BCUT2D eigenvalue weighted by Crippen LogP contribution is -2.03. The van der Waals surface area contributed by atoms with Crippen molar-refractivity contribution in [3.05, 3.63) is 35.3 Å². The topological polar surface area (TPSA) is 59.9 Å². The minimum absolute atomic E-state index is 0.417. The number of aryl methyl sites for hydroxylation is 2. The van der Waals surface area contributed by atoms with Gasteiger partial charge in [-0.25, -0.2) is 15.0 Å². The molecule has 21 heavy (non-hydrogen) atoms. The Morgan fingerprint density at radius 1 is 1.10 bits per heavy atom. The molecule has 0 saturated heterocycles. The maximum absolute atomic E-state index is 5.38. The van der Waals surface area contributed by atoms with Gasteiger partial charge in [-0.3, -0.25) is 0 Å². The summed E-state index contributed by atoms with van der Waals surface area (Å²) in [6.45, 7) is 7.08. The van der Waals surface area contributed by atoms with Gasteiger partial charge in [0.2, 0.25) is 0 Å². The maximum Gasteiger partial charge on any atom is 0.157 e. The third-order valence-corrected chi connectivity index (χ3v) is 3.56. The van der Waals surface area contributed by atoms with E-state index in [0.29, 0.717) is 19.0 Å². The second kappa shape index (κ2) is 7.38. The predicted molar refractivity (Wildman–Crippen MR) is 84.7 cm³/mol. The van der Waals surface area contributed by atoms with Gasteiger partial charge in [-0.15, -0.1) is 0 Å². The lowest BCUT2D eigenvalue weighted by molar-refractivity contribution is 0.128. The normalized spacial score (nSPS) is 10.7. The zero-order chi connectivity index (χ0) is 15.2. The molecule has 112 valence electrons. The van der Waals surface area contributed by atoms with Gasteiger partial charge in [-0.2, -0.15) is 0 Å². The van der Waals surface area contributed by atoms with E-state index in [4.69, 9.17) is 4.74 Å². The van der Waals surface area contributed by atoms with Crippen LogP contribution < -0.4 is 5.32 Å². The zero-order valence-electron chi connectivity index (χ0n) is 12.8. The SMILES string of the molecule is CCOCc1nc(NC)cc(Sc2cc(C)cc(C)n2)n1. The van der Waals surface area contributed by atoms with Crippen molar-refractivity contribution >= 4 is 17.6 Å². The fourth-order valence-corrected chi connectivity index (χ4v) is 2.85. The first-order valence-corrected chi connectivity index (χ1v) is 7.69. The molecular weight excluding hydrogens is 284 g/mol. The first-order chi connectivity index (χ1) is 10.1. The van der Waals surface area contributed by atoms with Crippen LogP contribution in [0.4, 0.5) is 5.82 Å². The van der Waals surface area contributed by atoms with Gasteiger partial charge >= 0.3 is 0 Å². The molecule has 0 unspecified atom stereocenters. The Bertz CT molecular complexity index is 598. The average molecular weight is 304 g/mol. The summed E-state index contributed by atoms with van der Waals surface area (Å²) in [5, 5.41) is 4.86. The van der Waals surface area contributed by atoms with E-state index >= 15 is 0 Å². The average Bonchev–Trinajstić information content (AvgIpc) is 2.43. The Morgan fingerprint density at radius 3 is 2.52 bits per heavy atom. The lowest BCUT2D eigenvalue weighted by Gasteiger charge is -2.08. The highest BCUT2D eigenvalue weighted by atomic mass is 32.2. The van der Waals surface area contributed by atoms with E-state index in [1.165, 1.54) is 17.3 Å². The molecule has 6 heteroatoms. The molecule has 0 aliphatic rings. The standard InChI is InChI=1S/C15H20N4OS/c1-5-20-9-13-18-12(16-4)8-15(19-13)21-14-7-10(2)6-11(3)17-14/h6-8H,5,9H2,1-4H3,(H,16,18,19). The van der Waals surface area contributed by atoms with Gasteiger partial charge in [-0.05, 0) is 50.2 Å². The van der Waals surface area contributed by atoms with Crippen molar-refractivity contribution < 1.29 is 4.74 Å². The Balaban J connectivity index is 2.25. The van der Waals surface area contributed by atoms with E-state index in [0.717, 1.165) is 21.6 Å². The van der Waals surface area contributed by atoms with Gasteiger partial charge in [0.1, 0.15) is 22.5 Å². The van der Waals surface area contributed by atoms with Gasteiger partial charge in [0.05, 0.1) is 0 Å². The number of nitrogens with one attached hydrogen (secondary N) is 1. The molecule has 2 aromatic heterocycles. The van der Waals surface area contributed by atoms with Gasteiger partial charge < -0.3 is 10.1 Å². The third-order valence-electron chi connectivity index (χ3n) is 2.72. The van der Waals surface area contributed by atoms with Crippen LogP contribution in [0.3, 0.4) is 0 Å². The highest BCUT2D eigenvalue weighted by Crippen LogP contribution is 2.27. The molecule has 0 bridgehead atoms. The molecule has 0 aliphatic carbocycles. The molecule has 0 radical (unpaired) electrons. The minimum Gasteiger partial charge on any atom is -0.374 e. The molecule has 2 aromatic rings. The summed E-state index contributed by atoms with van der Waals surface area (Å²) in [5.74, 6) is 1.46. The molecular formula is C15H20N4OS. The van der Waals surface area contributed by atoms with Crippen LogP contribution in [-0.4, -0.2) is 28.6 Å². The van der Waals surface area contributed by atoms with Gasteiger partial charge in [0.25, 0.3) is 0 Å². The Hall–Kier alpha value is -1.66. The van der Waals surface area contributed by atoms with E-state index in [-0.39, 0.29) is 0 Å². The smallest absolute Gasteiger partial charge is 0.157 e. The quantitative estimate of drug-likeness (QED) is 0.827. The zero-order valence-corrected chi connectivity index (χ0v) is 13.6. The Morgan fingerprint density at radius 2 is 1.86 bits per heavy atom. The summed E-state index contributed by atoms with van der Waals surface area (Å²) in [7, 11) is 1.84. The summed E-state index contributed by atoms with van der Waals surface area (Å²) in [6, 6.07) is 6.03. The van der Waals surface area contributed by atoms with Crippen molar-refractivity contribution in [2.24, 2.45) is 0 Å². The minimum atomic E-state index is 0.417. The predicted octanol–water partition coefficient (Wildman–Crippen LogP) is 3.22. The summed E-state index contributed by atoms with van der Waals surface area (Å²) in [6.07, 6.45) is 0. The highest BCUT2D eigenvalue weighted by Gasteiger charge is 2.07. The molecule has 0 saturated carbocycles. The van der Waals surface area contributed by atoms with E-state index in [9.17, 15) is 0 Å². The number of pyridine rings is 1. The van der Waals surface area contributed by atoms with Crippen LogP contribution in [0.25, 0.3) is 0 Å². The van der Waals surface area contributed by atoms with Crippen molar-refractivity contribution in [3.63, 3.8) is 0 Å². The van der Waals surface area contributed by atoms with Gasteiger partial charge in [0, 0.05) is 25.4 Å². The van der Waals surface area contributed by atoms with Crippen LogP contribution in [0.2, 0.25) is 0 Å². The van der Waals surface area contributed by atoms with Crippen molar-refractivity contribution in [2.45, 2.75) is 37.4 Å². The first kappa shape index (κ1) is 15.7. The molecule has 1 N–H and O–H groups in total. The van der Waals surface area contributed by atoms with Crippen molar-refractivity contribution in [1.29, 1.82) is 0 Å². The van der Waals surface area contributed by atoms with E-state index in [2.05, 4.69) is 39.3 Å². The lowest BCUT2D eigenvalue weighted by atomic mass is 10.3. The summed E-state index contributed by atoms with van der Waals surface area (Å²) >= 11 is 1.54. The molecule has 0 spiro atoms. The summed E-state index contributed by atoms with van der Waals surface area (Å²) in [4.78, 5) is 13.4. The number of anilines is 1. The molecule has 0 fully saturated rings. The fraction of sp³-hybridized carbons (Fsp3) is 0.400. The van der Waals surface area contributed by atoms with Gasteiger partial charge in [-0.1, -0.05) is 0 Å². The second-order valence-corrected chi connectivity index (χ2v) is 5.66. The number of ether oxygens (including phenoxy) is 1. The third kappa shape index (κ3) is 4.68. The fourth-order valence-electron chi connectivity index (χ4n) is 1.87. The number of rotatable bonds is 6.